The fourth-order valence-corrected chi connectivity index (χ4v) is 2.58. The molecule has 128 valence electrons. The van der Waals surface area contributed by atoms with Gasteiger partial charge in [0.1, 0.15) is 11.5 Å². The molecule has 2 aromatic carbocycles. The zero-order chi connectivity index (χ0) is 17.8. The van der Waals surface area contributed by atoms with Crippen LogP contribution in [0.5, 0.6) is 5.75 Å². The molecule has 2 aromatic rings. The Kier molecular flexibility index (Phi) is 4.95. The van der Waals surface area contributed by atoms with Gasteiger partial charge in [-0.25, -0.2) is 0 Å². The average molecular weight is 335 g/mol. The van der Waals surface area contributed by atoms with Crippen molar-refractivity contribution in [2.24, 2.45) is 5.10 Å². The monoisotopic (exact) mass is 335 g/mol. The van der Waals surface area contributed by atoms with E-state index >= 15 is 0 Å². The van der Waals surface area contributed by atoms with E-state index < -0.39 is 0 Å². The number of rotatable bonds is 5. The van der Waals surface area contributed by atoms with E-state index in [0.29, 0.717) is 17.8 Å². The summed E-state index contributed by atoms with van der Waals surface area (Å²) in [6, 6.07) is 17.0. The minimum atomic E-state index is -0.112. The van der Waals surface area contributed by atoms with Crippen LogP contribution < -0.4 is 9.75 Å². The van der Waals surface area contributed by atoms with E-state index in [1.165, 1.54) is 5.01 Å². The molecule has 0 N–H and O–H groups in total. The van der Waals surface area contributed by atoms with E-state index in [9.17, 15) is 4.79 Å². The van der Waals surface area contributed by atoms with Crippen LogP contribution in [0.2, 0.25) is 0 Å². The average Bonchev–Trinajstić information content (AvgIpc) is 2.97. The lowest BCUT2D eigenvalue weighted by Crippen LogP contribution is -2.22. The quantitative estimate of drug-likeness (QED) is 0.789. The number of ether oxygens (including phenoxy) is 1. The van der Waals surface area contributed by atoms with Crippen LogP contribution in [0.15, 0.2) is 71.3 Å². The fourth-order valence-electron chi connectivity index (χ4n) is 2.58. The minimum absolute atomic E-state index is 0.112. The van der Waals surface area contributed by atoms with Crippen molar-refractivity contribution in [3.8, 4) is 5.75 Å². The number of para-hydroxylation sites is 1. The Balaban J connectivity index is 2.02. The van der Waals surface area contributed by atoms with Gasteiger partial charge in [0.15, 0.2) is 0 Å². The highest BCUT2D eigenvalue weighted by atomic mass is 16.5. The van der Waals surface area contributed by atoms with Gasteiger partial charge in [0, 0.05) is 12.1 Å². The smallest absolute Gasteiger partial charge is 0.280 e. The highest BCUT2D eigenvalue weighted by Gasteiger charge is 2.31. The first-order valence-corrected chi connectivity index (χ1v) is 8.08. The number of amides is 1. The number of benzene rings is 2. The van der Waals surface area contributed by atoms with Gasteiger partial charge in [0.25, 0.3) is 5.91 Å². The van der Waals surface area contributed by atoms with Crippen LogP contribution in [0.1, 0.15) is 5.56 Å². The summed E-state index contributed by atoms with van der Waals surface area (Å²) < 4.78 is 5.21. The lowest BCUT2D eigenvalue weighted by atomic mass is 10.0. The van der Waals surface area contributed by atoms with Crippen LogP contribution in [0.25, 0.3) is 0 Å². The summed E-state index contributed by atoms with van der Waals surface area (Å²) in [5, 5.41) is 6.06. The van der Waals surface area contributed by atoms with E-state index in [4.69, 9.17) is 4.74 Å². The molecular weight excluding hydrogens is 314 g/mol. The molecule has 1 heterocycles. The SMILES string of the molecule is COc1ccc(C2=NN(c3ccccc3)C(=O)C2=CCN(C)C)cc1. The number of anilines is 1. The van der Waals surface area contributed by atoms with Crippen molar-refractivity contribution >= 4 is 17.3 Å². The maximum Gasteiger partial charge on any atom is 0.280 e. The van der Waals surface area contributed by atoms with E-state index in [1.54, 1.807) is 7.11 Å². The highest BCUT2D eigenvalue weighted by molar-refractivity contribution is 6.35. The molecule has 0 spiro atoms. The van der Waals surface area contributed by atoms with Gasteiger partial charge in [0.05, 0.1) is 18.4 Å². The van der Waals surface area contributed by atoms with Gasteiger partial charge in [-0.05, 0) is 50.5 Å². The van der Waals surface area contributed by atoms with Crippen molar-refractivity contribution in [1.82, 2.24) is 4.90 Å². The minimum Gasteiger partial charge on any atom is -0.497 e. The standard InChI is InChI=1S/C20H21N3O2/c1-22(2)14-13-18-19(15-9-11-17(25-3)12-10-15)21-23(20(18)24)16-7-5-4-6-8-16/h4-13H,14H2,1-3H3. The second-order valence-electron chi connectivity index (χ2n) is 6.01. The zero-order valence-corrected chi connectivity index (χ0v) is 14.6. The van der Waals surface area contributed by atoms with Crippen molar-refractivity contribution in [2.45, 2.75) is 0 Å². The topological polar surface area (TPSA) is 45.1 Å². The van der Waals surface area contributed by atoms with Gasteiger partial charge in [0.2, 0.25) is 0 Å². The van der Waals surface area contributed by atoms with Crippen LogP contribution in [-0.2, 0) is 4.79 Å². The van der Waals surface area contributed by atoms with Crippen molar-refractivity contribution in [3.05, 3.63) is 71.8 Å². The summed E-state index contributed by atoms with van der Waals surface area (Å²) in [5.41, 5.74) is 2.94. The Hall–Kier alpha value is -2.92. The maximum absolute atomic E-state index is 12.9. The molecule has 25 heavy (non-hydrogen) atoms. The number of methoxy groups -OCH3 is 1. The molecule has 1 aliphatic rings. The number of carbonyl (C=O) groups is 1. The Bertz CT molecular complexity index is 809. The Morgan fingerprint density at radius 1 is 1.08 bits per heavy atom. The van der Waals surface area contributed by atoms with Crippen molar-refractivity contribution in [1.29, 1.82) is 0 Å². The van der Waals surface area contributed by atoms with Crippen molar-refractivity contribution in [2.75, 3.05) is 32.8 Å². The predicted molar refractivity (Wildman–Crippen MR) is 100 cm³/mol. The van der Waals surface area contributed by atoms with Gasteiger partial charge in [-0.3, -0.25) is 4.79 Å². The Morgan fingerprint density at radius 2 is 1.76 bits per heavy atom. The third kappa shape index (κ3) is 3.61. The summed E-state index contributed by atoms with van der Waals surface area (Å²) in [6.45, 7) is 0.666. The number of hydrogen-bond donors (Lipinski definition) is 0. The van der Waals surface area contributed by atoms with Gasteiger partial charge in [-0.15, -0.1) is 0 Å². The molecule has 0 aliphatic carbocycles. The number of hydrazone groups is 1. The summed E-state index contributed by atoms with van der Waals surface area (Å²) in [5.74, 6) is 0.659. The van der Waals surface area contributed by atoms with Crippen LogP contribution >= 0.6 is 0 Å². The molecule has 5 nitrogen and oxygen atoms in total. The first-order chi connectivity index (χ1) is 12.1. The molecule has 0 saturated heterocycles. The number of nitrogens with zero attached hydrogens (tertiary/aromatic N) is 3. The summed E-state index contributed by atoms with van der Waals surface area (Å²) in [6.07, 6.45) is 1.92. The molecule has 0 unspecified atom stereocenters. The first kappa shape index (κ1) is 16.9. The highest BCUT2D eigenvalue weighted by Crippen LogP contribution is 2.27. The molecule has 0 fully saturated rings. The number of carbonyl (C=O) groups excluding carboxylic acids is 1. The summed E-state index contributed by atoms with van der Waals surface area (Å²) in [4.78, 5) is 14.9. The van der Waals surface area contributed by atoms with Crippen molar-refractivity contribution < 1.29 is 9.53 Å². The first-order valence-electron chi connectivity index (χ1n) is 8.08. The van der Waals surface area contributed by atoms with Gasteiger partial charge in [-0.2, -0.15) is 10.1 Å². The molecule has 1 amide bonds. The van der Waals surface area contributed by atoms with Gasteiger partial charge in [-0.1, -0.05) is 24.3 Å². The molecule has 0 bridgehead atoms. The molecule has 1 aliphatic heterocycles. The molecular formula is C20H21N3O2. The van der Waals surface area contributed by atoms with E-state index in [1.807, 2.05) is 79.7 Å². The lowest BCUT2D eigenvalue weighted by molar-refractivity contribution is -0.114. The van der Waals surface area contributed by atoms with Crippen LogP contribution in [-0.4, -0.2) is 44.3 Å². The lowest BCUT2D eigenvalue weighted by Gasteiger charge is -2.11. The maximum atomic E-state index is 12.9. The summed E-state index contributed by atoms with van der Waals surface area (Å²) >= 11 is 0. The Morgan fingerprint density at radius 3 is 2.36 bits per heavy atom. The van der Waals surface area contributed by atoms with E-state index in [-0.39, 0.29) is 5.91 Å². The molecule has 0 saturated carbocycles. The summed E-state index contributed by atoms with van der Waals surface area (Å²) in [7, 11) is 5.57. The second kappa shape index (κ2) is 7.32. The molecule has 0 atom stereocenters. The Labute approximate surface area is 147 Å². The van der Waals surface area contributed by atoms with Gasteiger partial charge < -0.3 is 9.64 Å². The molecule has 3 rings (SSSR count). The normalized spacial score (nSPS) is 15.8. The van der Waals surface area contributed by atoms with Crippen LogP contribution in [0, 0.1) is 0 Å². The third-order valence-corrected chi connectivity index (χ3v) is 3.90. The fraction of sp³-hybridized carbons (Fsp3) is 0.200. The predicted octanol–water partition coefficient (Wildman–Crippen LogP) is 2.93. The zero-order valence-electron chi connectivity index (χ0n) is 14.6. The van der Waals surface area contributed by atoms with Crippen LogP contribution in [0.3, 0.4) is 0 Å². The van der Waals surface area contributed by atoms with Gasteiger partial charge >= 0.3 is 0 Å². The number of likely N-dealkylation sites (N-methyl/N-ethyl adjacent to an activating group) is 1. The number of hydrogen-bond acceptors (Lipinski definition) is 4. The molecule has 0 aromatic heterocycles. The molecule has 0 radical (unpaired) electrons. The van der Waals surface area contributed by atoms with E-state index in [2.05, 4.69) is 5.10 Å². The van der Waals surface area contributed by atoms with E-state index in [0.717, 1.165) is 17.0 Å². The second-order valence-corrected chi connectivity index (χ2v) is 6.01. The third-order valence-electron chi connectivity index (χ3n) is 3.90. The largest absolute Gasteiger partial charge is 0.497 e. The van der Waals surface area contributed by atoms with Crippen molar-refractivity contribution in [3.63, 3.8) is 0 Å². The van der Waals surface area contributed by atoms with Crippen LogP contribution in [0.4, 0.5) is 5.69 Å². The molecule has 5 heteroatoms.